The number of rotatable bonds is 5. The third-order valence-corrected chi connectivity index (χ3v) is 5.56. The molecule has 1 unspecified atom stereocenters. The van der Waals surface area contributed by atoms with Gasteiger partial charge in [-0.1, -0.05) is 76.8 Å². The van der Waals surface area contributed by atoms with Crippen LogP contribution in [0, 0.1) is 6.92 Å². The lowest BCUT2D eigenvalue weighted by atomic mass is 10.0. The van der Waals surface area contributed by atoms with Gasteiger partial charge in [0.1, 0.15) is 6.17 Å². The molecule has 1 aliphatic heterocycles. The van der Waals surface area contributed by atoms with E-state index in [2.05, 4.69) is 27.3 Å². The van der Waals surface area contributed by atoms with E-state index in [1.54, 1.807) is 6.08 Å². The van der Waals surface area contributed by atoms with Gasteiger partial charge in [-0.15, -0.1) is 0 Å². The van der Waals surface area contributed by atoms with Gasteiger partial charge in [0.25, 0.3) is 0 Å². The van der Waals surface area contributed by atoms with Crippen molar-refractivity contribution >= 4 is 75.5 Å². The molecule has 1 aliphatic rings. The third kappa shape index (κ3) is 7.01. The number of carbonyl (C=O) groups is 1. The van der Waals surface area contributed by atoms with E-state index in [4.69, 9.17) is 47.0 Å². The highest BCUT2D eigenvalue weighted by Crippen LogP contribution is 2.31. The third-order valence-electron chi connectivity index (χ3n) is 4.68. The van der Waals surface area contributed by atoms with E-state index in [0.29, 0.717) is 0 Å². The molecule has 1 atom stereocenters. The summed E-state index contributed by atoms with van der Waals surface area (Å²) in [5.74, 6) is -0.424. The van der Waals surface area contributed by atoms with Crippen molar-refractivity contribution in [2.24, 2.45) is 0 Å². The number of aryl methyl sites for hydroxylation is 2. The van der Waals surface area contributed by atoms with Crippen LogP contribution in [0.4, 0.5) is 11.4 Å². The Kier molecular flexibility index (Phi) is 8.06. The Morgan fingerprint density at radius 1 is 1.19 bits per heavy atom. The van der Waals surface area contributed by atoms with Crippen molar-refractivity contribution in [2.45, 2.75) is 29.7 Å². The van der Waals surface area contributed by atoms with Crippen LogP contribution in [0.1, 0.15) is 23.1 Å². The van der Waals surface area contributed by atoms with Crippen molar-refractivity contribution in [3.8, 4) is 0 Å². The molecule has 2 aromatic carbocycles. The number of alkyl halides is 3. The lowest BCUT2D eigenvalue weighted by molar-refractivity contribution is -0.117. The molecule has 0 saturated heterocycles. The molecule has 2 aromatic rings. The van der Waals surface area contributed by atoms with Gasteiger partial charge in [-0.2, -0.15) is 0 Å². The summed E-state index contributed by atoms with van der Waals surface area (Å²) in [5, 5.41) is 12.3. The van der Waals surface area contributed by atoms with Crippen LogP contribution in [-0.2, 0) is 11.2 Å². The van der Waals surface area contributed by atoms with Crippen molar-refractivity contribution in [1.29, 1.82) is 0 Å². The average molecular weight is 498 g/mol. The molecule has 164 valence electrons. The number of nitrogens with one attached hydrogen (secondary N) is 4. The molecular formula is C22H23Cl3N4OS. The second-order valence-corrected chi connectivity index (χ2v) is 9.98. The highest BCUT2D eigenvalue weighted by atomic mass is 35.6. The van der Waals surface area contributed by atoms with Crippen LogP contribution in [0.2, 0.25) is 0 Å². The first-order valence-corrected chi connectivity index (χ1v) is 11.3. The Morgan fingerprint density at radius 3 is 2.71 bits per heavy atom. The summed E-state index contributed by atoms with van der Waals surface area (Å²) >= 11 is 23.6. The second kappa shape index (κ2) is 10.6. The molecule has 0 spiro atoms. The summed E-state index contributed by atoms with van der Waals surface area (Å²) in [6.07, 6.45) is 4.11. The first kappa shape index (κ1) is 23.7. The molecule has 5 nitrogen and oxygen atoms in total. The fourth-order valence-corrected chi connectivity index (χ4v) is 3.79. The maximum atomic E-state index is 12.4. The summed E-state index contributed by atoms with van der Waals surface area (Å²) in [4.78, 5) is 12.4. The van der Waals surface area contributed by atoms with Gasteiger partial charge in [0.15, 0.2) is 5.11 Å². The molecule has 4 N–H and O–H groups in total. The van der Waals surface area contributed by atoms with E-state index in [1.807, 2.05) is 43.3 Å². The molecule has 1 amide bonds. The van der Waals surface area contributed by atoms with E-state index >= 15 is 0 Å². The first-order valence-electron chi connectivity index (χ1n) is 9.77. The number of para-hydroxylation sites is 1. The minimum absolute atomic E-state index is 0.222. The van der Waals surface area contributed by atoms with Crippen LogP contribution in [0.5, 0.6) is 0 Å². The van der Waals surface area contributed by atoms with Gasteiger partial charge >= 0.3 is 0 Å². The number of amides is 1. The largest absolute Gasteiger partial charge is 0.383 e. The number of fused-ring (bicyclic) bond motifs is 1. The van der Waals surface area contributed by atoms with Crippen LogP contribution in [0.25, 0.3) is 6.08 Å². The number of benzene rings is 2. The smallest absolute Gasteiger partial charge is 0.245 e. The SMILES string of the molecule is Cc1cccc(/C=C/C(=O)NC(NC(=S)Nc2cccc3c2NCCC3)C(Cl)(Cl)Cl)c1. The zero-order valence-electron chi connectivity index (χ0n) is 16.8. The van der Waals surface area contributed by atoms with Gasteiger partial charge in [0.2, 0.25) is 9.70 Å². The minimum atomic E-state index is -1.83. The summed E-state index contributed by atoms with van der Waals surface area (Å²) in [6, 6.07) is 13.7. The standard InChI is InChI=1S/C22H23Cl3N4OS/c1-14-5-2-6-15(13-14)10-11-18(30)28-20(22(23,24)25)29-21(31)27-17-9-3-7-16-8-4-12-26-19(16)17/h2-3,5-7,9-11,13,20,26H,4,8,12H2,1H3,(H,28,30)(H2,27,29,31)/b11-10+. The van der Waals surface area contributed by atoms with Crippen LogP contribution >= 0.6 is 47.0 Å². The van der Waals surface area contributed by atoms with Gasteiger partial charge in [-0.25, -0.2) is 0 Å². The Morgan fingerprint density at radius 2 is 1.97 bits per heavy atom. The van der Waals surface area contributed by atoms with E-state index in [0.717, 1.165) is 41.9 Å². The lowest BCUT2D eigenvalue weighted by Crippen LogP contribution is -2.55. The molecular weight excluding hydrogens is 475 g/mol. The average Bonchev–Trinajstić information content (AvgIpc) is 2.71. The molecule has 0 bridgehead atoms. The molecule has 0 radical (unpaired) electrons. The van der Waals surface area contributed by atoms with Crippen molar-refractivity contribution in [3.05, 3.63) is 65.2 Å². The Labute approximate surface area is 202 Å². The number of hydrogen-bond acceptors (Lipinski definition) is 3. The van der Waals surface area contributed by atoms with E-state index in [9.17, 15) is 4.79 Å². The van der Waals surface area contributed by atoms with E-state index < -0.39 is 15.9 Å². The topological polar surface area (TPSA) is 65.2 Å². The Hall–Kier alpha value is -1.99. The van der Waals surface area contributed by atoms with Crippen molar-refractivity contribution < 1.29 is 4.79 Å². The van der Waals surface area contributed by atoms with E-state index in [1.165, 1.54) is 11.6 Å². The highest BCUT2D eigenvalue weighted by Gasteiger charge is 2.34. The quantitative estimate of drug-likeness (QED) is 0.199. The summed E-state index contributed by atoms with van der Waals surface area (Å²) in [5.41, 5.74) is 5.04. The van der Waals surface area contributed by atoms with Crippen molar-refractivity contribution in [2.75, 3.05) is 17.2 Å². The molecule has 0 aliphatic carbocycles. The van der Waals surface area contributed by atoms with Crippen LogP contribution in [0.15, 0.2) is 48.5 Å². The maximum Gasteiger partial charge on any atom is 0.245 e. The molecule has 3 rings (SSSR count). The predicted octanol–water partition coefficient (Wildman–Crippen LogP) is 5.17. The fraction of sp³-hybridized carbons (Fsp3) is 0.273. The molecule has 0 fully saturated rings. The maximum absolute atomic E-state index is 12.4. The monoisotopic (exact) mass is 496 g/mol. The highest BCUT2D eigenvalue weighted by molar-refractivity contribution is 7.80. The predicted molar refractivity (Wildman–Crippen MR) is 135 cm³/mol. The molecule has 1 heterocycles. The first-order chi connectivity index (χ1) is 14.7. The number of hydrogen-bond donors (Lipinski definition) is 4. The van der Waals surface area contributed by atoms with Gasteiger partial charge in [0, 0.05) is 12.6 Å². The lowest BCUT2D eigenvalue weighted by Gasteiger charge is -2.28. The molecule has 0 aromatic heterocycles. The van der Waals surface area contributed by atoms with Gasteiger partial charge in [-0.3, -0.25) is 4.79 Å². The summed E-state index contributed by atoms with van der Waals surface area (Å²) < 4.78 is -1.83. The normalized spacial score (nSPS) is 14.3. The number of carbonyl (C=O) groups excluding carboxylic acids is 1. The van der Waals surface area contributed by atoms with Crippen LogP contribution in [-0.4, -0.2) is 27.5 Å². The summed E-state index contributed by atoms with van der Waals surface area (Å²) in [7, 11) is 0. The Balaban J connectivity index is 1.65. The number of anilines is 2. The van der Waals surface area contributed by atoms with Gasteiger partial charge < -0.3 is 21.3 Å². The summed E-state index contributed by atoms with van der Waals surface area (Å²) in [6.45, 7) is 2.87. The van der Waals surface area contributed by atoms with Crippen molar-refractivity contribution in [1.82, 2.24) is 10.6 Å². The van der Waals surface area contributed by atoms with E-state index in [-0.39, 0.29) is 5.11 Å². The van der Waals surface area contributed by atoms with Gasteiger partial charge in [0.05, 0.1) is 11.4 Å². The zero-order chi connectivity index (χ0) is 22.4. The van der Waals surface area contributed by atoms with Crippen molar-refractivity contribution in [3.63, 3.8) is 0 Å². The van der Waals surface area contributed by atoms with Crippen LogP contribution in [0.3, 0.4) is 0 Å². The fourth-order valence-electron chi connectivity index (χ4n) is 3.24. The minimum Gasteiger partial charge on any atom is -0.383 e. The molecule has 9 heteroatoms. The Bertz CT molecular complexity index is 991. The number of halogens is 3. The zero-order valence-corrected chi connectivity index (χ0v) is 19.9. The van der Waals surface area contributed by atoms with Gasteiger partial charge in [-0.05, 0) is 55.3 Å². The second-order valence-electron chi connectivity index (χ2n) is 7.20. The number of thiocarbonyl (C=S) groups is 1. The molecule has 0 saturated carbocycles. The van der Waals surface area contributed by atoms with Crippen LogP contribution < -0.4 is 21.3 Å². The molecule has 31 heavy (non-hydrogen) atoms.